The maximum absolute atomic E-state index is 9.86. The fourth-order valence-corrected chi connectivity index (χ4v) is 1.87. The van der Waals surface area contributed by atoms with E-state index in [0.29, 0.717) is 29.3 Å². The molecule has 3 atom stereocenters. The van der Waals surface area contributed by atoms with Crippen molar-refractivity contribution in [2.75, 3.05) is 13.2 Å². The highest BCUT2D eigenvalue weighted by Gasteiger charge is 2.12. The minimum Gasteiger partial charge on any atom is -0.491 e. The lowest BCUT2D eigenvalue weighted by Gasteiger charge is -2.22. The number of aliphatic hydroxyl groups excluding tert-OH is 1. The molecule has 0 spiro atoms. The topological polar surface area (TPSA) is 41.5 Å². The summed E-state index contributed by atoms with van der Waals surface area (Å²) >= 11 is 5.86. The van der Waals surface area contributed by atoms with Gasteiger partial charge in [-0.05, 0) is 31.0 Å². The maximum Gasteiger partial charge on any atom is 0.120 e. The van der Waals surface area contributed by atoms with Crippen molar-refractivity contribution in [3.8, 4) is 5.75 Å². The van der Waals surface area contributed by atoms with E-state index >= 15 is 0 Å². The van der Waals surface area contributed by atoms with Crippen molar-refractivity contribution in [3.63, 3.8) is 0 Å². The predicted octanol–water partition coefficient (Wildman–Crippen LogP) is 3.10. The molecule has 4 heteroatoms. The second-order valence-corrected chi connectivity index (χ2v) is 5.44. The molecular formula is C15H24ClNO2. The minimum absolute atomic E-state index is 0.264. The Bertz CT molecular complexity index is 373. The number of rotatable bonds is 8. The van der Waals surface area contributed by atoms with Crippen LogP contribution in [0, 0.1) is 5.92 Å². The summed E-state index contributed by atoms with van der Waals surface area (Å²) in [6.45, 7) is 7.30. The van der Waals surface area contributed by atoms with Crippen LogP contribution in [-0.2, 0) is 0 Å². The van der Waals surface area contributed by atoms with E-state index in [1.165, 1.54) is 0 Å². The Labute approximate surface area is 120 Å². The first-order valence-corrected chi connectivity index (χ1v) is 7.20. The third-order valence-corrected chi connectivity index (χ3v) is 3.65. The second-order valence-electron chi connectivity index (χ2n) is 5.00. The third-order valence-electron chi connectivity index (χ3n) is 3.41. The number of halogens is 1. The first-order chi connectivity index (χ1) is 9.02. The normalized spacial score (nSPS) is 15.8. The van der Waals surface area contributed by atoms with Crippen molar-refractivity contribution in [1.29, 1.82) is 0 Å². The van der Waals surface area contributed by atoms with Gasteiger partial charge < -0.3 is 15.2 Å². The predicted molar refractivity (Wildman–Crippen MR) is 79.9 cm³/mol. The first-order valence-electron chi connectivity index (χ1n) is 6.82. The van der Waals surface area contributed by atoms with Gasteiger partial charge in [-0.25, -0.2) is 0 Å². The maximum atomic E-state index is 9.86. The van der Waals surface area contributed by atoms with Gasteiger partial charge >= 0.3 is 0 Å². The lowest BCUT2D eigenvalue weighted by molar-refractivity contribution is 0.102. The zero-order chi connectivity index (χ0) is 14.3. The molecule has 0 aromatic heterocycles. The van der Waals surface area contributed by atoms with Crippen LogP contribution in [-0.4, -0.2) is 30.4 Å². The number of hydrogen-bond acceptors (Lipinski definition) is 3. The summed E-state index contributed by atoms with van der Waals surface area (Å²) in [5.41, 5.74) is 0. The van der Waals surface area contributed by atoms with Crippen molar-refractivity contribution >= 4 is 11.6 Å². The highest BCUT2D eigenvalue weighted by molar-refractivity contribution is 6.30. The lowest BCUT2D eigenvalue weighted by atomic mass is 10.0. The Balaban J connectivity index is 2.26. The van der Waals surface area contributed by atoms with Crippen molar-refractivity contribution in [1.82, 2.24) is 5.32 Å². The molecule has 2 N–H and O–H groups in total. The van der Waals surface area contributed by atoms with E-state index in [4.69, 9.17) is 16.3 Å². The summed E-state index contributed by atoms with van der Waals surface area (Å²) in [6, 6.07) is 7.58. The smallest absolute Gasteiger partial charge is 0.120 e. The third kappa shape index (κ3) is 6.28. The number of nitrogens with one attached hydrogen (secondary N) is 1. The average molecular weight is 286 g/mol. The lowest BCUT2D eigenvalue weighted by Crippen LogP contribution is -2.39. The molecule has 0 radical (unpaired) electrons. The average Bonchev–Trinajstić information content (AvgIpc) is 2.41. The van der Waals surface area contributed by atoms with Crippen LogP contribution in [0.25, 0.3) is 0 Å². The number of ether oxygens (including phenoxy) is 1. The Hall–Kier alpha value is -0.770. The number of hydrogen-bond donors (Lipinski definition) is 2. The van der Waals surface area contributed by atoms with Crippen LogP contribution in [0.3, 0.4) is 0 Å². The second kappa shape index (κ2) is 8.41. The monoisotopic (exact) mass is 285 g/mol. The summed E-state index contributed by atoms with van der Waals surface area (Å²) in [5, 5.41) is 13.8. The van der Waals surface area contributed by atoms with Gasteiger partial charge in [0.2, 0.25) is 0 Å². The Morgan fingerprint density at radius 3 is 2.74 bits per heavy atom. The molecule has 0 heterocycles. The zero-order valence-electron chi connectivity index (χ0n) is 11.9. The van der Waals surface area contributed by atoms with E-state index < -0.39 is 6.10 Å². The summed E-state index contributed by atoms with van der Waals surface area (Å²) in [4.78, 5) is 0. The van der Waals surface area contributed by atoms with Crippen LogP contribution >= 0.6 is 11.6 Å². The summed E-state index contributed by atoms with van der Waals surface area (Å²) < 4.78 is 5.49. The largest absolute Gasteiger partial charge is 0.491 e. The zero-order valence-corrected chi connectivity index (χ0v) is 12.7. The van der Waals surface area contributed by atoms with E-state index in [1.807, 2.05) is 12.1 Å². The highest BCUT2D eigenvalue weighted by atomic mass is 35.5. The van der Waals surface area contributed by atoms with Crippen LogP contribution in [0.1, 0.15) is 27.2 Å². The molecule has 1 rings (SSSR count). The van der Waals surface area contributed by atoms with Crippen LogP contribution in [0.15, 0.2) is 24.3 Å². The molecule has 1 aromatic carbocycles. The van der Waals surface area contributed by atoms with E-state index in [-0.39, 0.29) is 6.61 Å². The van der Waals surface area contributed by atoms with E-state index in [2.05, 4.69) is 26.1 Å². The van der Waals surface area contributed by atoms with Crippen LogP contribution in [0.2, 0.25) is 5.02 Å². The van der Waals surface area contributed by atoms with Crippen molar-refractivity contribution in [2.45, 2.75) is 39.3 Å². The van der Waals surface area contributed by atoms with Gasteiger partial charge in [-0.3, -0.25) is 0 Å². The van der Waals surface area contributed by atoms with Crippen LogP contribution in [0.5, 0.6) is 5.75 Å². The van der Waals surface area contributed by atoms with Crippen LogP contribution in [0.4, 0.5) is 0 Å². The molecule has 0 saturated carbocycles. The first kappa shape index (κ1) is 16.3. The van der Waals surface area contributed by atoms with Gasteiger partial charge in [-0.15, -0.1) is 0 Å². The molecule has 0 bridgehead atoms. The van der Waals surface area contributed by atoms with Crippen molar-refractivity contribution < 1.29 is 9.84 Å². The molecule has 0 aliphatic heterocycles. The minimum atomic E-state index is -0.523. The summed E-state index contributed by atoms with van der Waals surface area (Å²) in [5.74, 6) is 1.28. The molecule has 0 amide bonds. The standard InChI is InChI=1S/C15H24ClNO2/c1-4-11(2)12(3)17-9-14(18)10-19-15-7-5-6-13(16)8-15/h5-8,11-12,14,17-18H,4,9-10H2,1-3H3. The molecule has 1 aromatic rings. The van der Waals surface area contributed by atoms with Gasteiger partial charge in [0, 0.05) is 17.6 Å². The van der Waals surface area contributed by atoms with Gasteiger partial charge in [0.25, 0.3) is 0 Å². The molecule has 0 aliphatic rings. The molecular weight excluding hydrogens is 262 g/mol. The number of benzene rings is 1. The highest BCUT2D eigenvalue weighted by Crippen LogP contribution is 2.17. The van der Waals surface area contributed by atoms with Crippen molar-refractivity contribution in [2.24, 2.45) is 5.92 Å². The van der Waals surface area contributed by atoms with E-state index in [9.17, 15) is 5.11 Å². The molecule has 0 saturated heterocycles. The van der Waals surface area contributed by atoms with Crippen LogP contribution < -0.4 is 10.1 Å². The van der Waals surface area contributed by atoms with E-state index in [1.54, 1.807) is 12.1 Å². The van der Waals surface area contributed by atoms with Crippen molar-refractivity contribution in [3.05, 3.63) is 29.3 Å². The SMILES string of the molecule is CCC(C)C(C)NCC(O)COc1cccc(Cl)c1. The molecule has 3 nitrogen and oxygen atoms in total. The fourth-order valence-electron chi connectivity index (χ4n) is 1.68. The van der Waals surface area contributed by atoms with Gasteiger partial charge in [0.1, 0.15) is 18.5 Å². The molecule has 0 fully saturated rings. The molecule has 0 aliphatic carbocycles. The van der Waals surface area contributed by atoms with Gasteiger partial charge in [-0.1, -0.05) is 37.9 Å². The van der Waals surface area contributed by atoms with E-state index in [0.717, 1.165) is 6.42 Å². The summed E-state index contributed by atoms with van der Waals surface area (Å²) in [6.07, 6.45) is 0.606. The number of aliphatic hydroxyl groups is 1. The Morgan fingerprint density at radius 2 is 2.11 bits per heavy atom. The Kier molecular flexibility index (Phi) is 7.21. The molecule has 3 unspecified atom stereocenters. The molecule has 19 heavy (non-hydrogen) atoms. The van der Waals surface area contributed by atoms with Gasteiger partial charge in [0.05, 0.1) is 0 Å². The Morgan fingerprint density at radius 1 is 1.37 bits per heavy atom. The van der Waals surface area contributed by atoms with Gasteiger partial charge in [-0.2, -0.15) is 0 Å². The molecule has 108 valence electrons. The summed E-state index contributed by atoms with van der Waals surface area (Å²) in [7, 11) is 0. The quantitative estimate of drug-likeness (QED) is 0.771. The fraction of sp³-hybridized carbons (Fsp3) is 0.600. The van der Waals surface area contributed by atoms with Gasteiger partial charge in [0.15, 0.2) is 0 Å².